The van der Waals surface area contributed by atoms with E-state index in [0.717, 1.165) is 17.5 Å². The average Bonchev–Trinajstić information content (AvgIpc) is 2.57. The minimum Gasteiger partial charge on any atom is -0.269 e. The van der Waals surface area contributed by atoms with Gasteiger partial charge in [0.1, 0.15) is 0 Å². The fourth-order valence-corrected chi connectivity index (χ4v) is 2.40. The molecule has 14 heavy (non-hydrogen) atoms. The third-order valence-corrected chi connectivity index (χ3v) is 3.69. The van der Waals surface area contributed by atoms with Crippen LogP contribution in [-0.2, 0) is 0 Å². The van der Waals surface area contributed by atoms with Crippen LogP contribution in [0.15, 0.2) is 12.3 Å². The molecule has 0 aromatic carbocycles. The van der Waals surface area contributed by atoms with E-state index in [2.05, 4.69) is 42.8 Å². The maximum atomic E-state index is 4.51. The molecule has 2 rings (SSSR count). The molecule has 0 radical (unpaired) electrons. The van der Waals surface area contributed by atoms with Crippen LogP contribution in [0.4, 0.5) is 0 Å². The maximum absolute atomic E-state index is 4.51. The van der Waals surface area contributed by atoms with Crippen LogP contribution >= 0.6 is 0 Å². The van der Waals surface area contributed by atoms with E-state index < -0.39 is 0 Å². The van der Waals surface area contributed by atoms with E-state index in [9.17, 15) is 0 Å². The Kier molecular flexibility index (Phi) is 2.62. The minimum absolute atomic E-state index is 0.648. The summed E-state index contributed by atoms with van der Waals surface area (Å²) in [7, 11) is 0. The van der Waals surface area contributed by atoms with Crippen LogP contribution in [0.5, 0.6) is 0 Å². The van der Waals surface area contributed by atoms with Crippen molar-refractivity contribution in [3.63, 3.8) is 0 Å². The molecule has 0 amide bonds. The van der Waals surface area contributed by atoms with Gasteiger partial charge in [0.15, 0.2) is 0 Å². The lowest BCUT2D eigenvalue weighted by atomic mass is 9.79. The standard InChI is InChI=1S/C12H20N2/c1-9-4-5-12(8-10(9)2)14-7-6-11(3)13-14/h6-7,9-10,12H,4-5,8H2,1-3H3. The quantitative estimate of drug-likeness (QED) is 0.668. The highest BCUT2D eigenvalue weighted by Crippen LogP contribution is 2.35. The van der Waals surface area contributed by atoms with Gasteiger partial charge in [-0.2, -0.15) is 5.10 Å². The third-order valence-electron chi connectivity index (χ3n) is 3.69. The lowest BCUT2D eigenvalue weighted by molar-refractivity contribution is 0.200. The van der Waals surface area contributed by atoms with Gasteiger partial charge in [-0.3, -0.25) is 4.68 Å². The zero-order chi connectivity index (χ0) is 10.1. The Morgan fingerprint density at radius 3 is 2.64 bits per heavy atom. The van der Waals surface area contributed by atoms with Gasteiger partial charge < -0.3 is 0 Å². The van der Waals surface area contributed by atoms with Gasteiger partial charge >= 0.3 is 0 Å². The lowest BCUT2D eigenvalue weighted by Crippen LogP contribution is -2.23. The van der Waals surface area contributed by atoms with Gasteiger partial charge in [0.2, 0.25) is 0 Å². The van der Waals surface area contributed by atoms with E-state index in [1.54, 1.807) is 0 Å². The van der Waals surface area contributed by atoms with Crippen molar-refractivity contribution >= 4 is 0 Å². The predicted octanol–water partition coefficient (Wildman–Crippen LogP) is 3.19. The number of rotatable bonds is 1. The molecule has 1 aliphatic rings. The highest BCUT2D eigenvalue weighted by Gasteiger charge is 2.25. The Balaban J connectivity index is 2.06. The van der Waals surface area contributed by atoms with Crippen LogP contribution in [0.1, 0.15) is 44.8 Å². The fraction of sp³-hybridized carbons (Fsp3) is 0.750. The van der Waals surface area contributed by atoms with Crippen LogP contribution in [0.25, 0.3) is 0 Å². The number of hydrogen-bond donors (Lipinski definition) is 0. The average molecular weight is 192 g/mol. The number of nitrogens with zero attached hydrogens (tertiary/aromatic N) is 2. The fourth-order valence-electron chi connectivity index (χ4n) is 2.40. The van der Waals surface area contributed by atoms with Gasteiger partial charge in [-0.05, 0) is 44.1 Å². The molecule has 0 bridgehead atoms. The molecule has 1 heterocycles. The lowest BCUT2D eigenvalue weighted by Gasteiger charge is -2.32. The highest BCUT2D eigenvalue weighted by atomic mass is 15.3. The first-order valence-corrected chi connectivity index (χ1v) is 5.68. The molecule has 1 aromatic rings. The molecule has 0 spiro atoms. The van der Waals surface area contributed by atoms with Gasteiger partial charge in [-0.25, -0.2) is 0 Å². The van der Waals surface area contributed by atoms with Crippen LogP contribution in [0.3, 0.4) is 0 Å². The van der Waals surface area contributed by atoms with Crippen LogP contribution < -0.4 is 0 Å². The van der Waals surface area contributed by atoms with Crippen LogP contribution in [0.2, 0.25) is 0 Å². The van der Waals surface area contributed by atoms with E-state index in [1.807, 2.05) is 0 Å². The number of aryl methyl sites for hydroxylation is 1. The van der Waals surface area contributed by atoms with Crippen molar-refractivity contribution in [3.05, 3.63) is 18.0 Å². The summed E-state index contributed by atoms with van der Waals surface area (Å²) in [5, 5.41) is 4.51. The molecule has 1 fully saturated rings. The monoisotopic (exact) mass is 192 g/mol. The Bertz CT molecular complexity index is 303. The van der Waals surface area contributed by atoms with Crippen molar-refractivity contribution in [3.8, 4) is 0 Å². The van der Waals surface area contributed by atoms with Crippen molar-refractivity contribution in [1.82, 2.24) is 9.78 Å². The first-order valence-electron chi connectivity index (χ1n) is 5.68. The summed E-state index contributed by atoms with van der Waals surface area (Å²) in [4.78, 5) is 0. The summed E-state index contributed by atoms with van der Waals surface area (Å²) in [6, 6.07) is 2.75. The molecule has 0 aliphatic heterocycles. The normalized spacial score (nSPS) is 33.2. The molecular weight excluding hydrogens is 172 g/mol. The molecule has 1 aliphatic carbocycles. The van der Waals surface area contributed by atoms with Crippen molar-refractivity contribution < 1.29 is 0 Å². The third kappa shape index (κ3) is 1.84. The zero-order valence-electron chi connectivity index (χ0n) is 9.40. The van der Waals surface area contributed by atoms with Gasteiger partial charge in [-0.15, -0.1) is 0 Å². The molecular formula is C12H20N2. The van der Waals surface area contributed by atoms with Crippen molar-refractivity contribution in [2.45, 2.75) is 46.1 Å². The summed E-state index contributed by atoms with van der Waals surface area (Å²) in [6.45, 7) is 6.80. The molecule has 78 valence electrons. The summed E-state index contributed by atoms with van der Waals surface area (Å²) in [5.74, 6) is 1.74. The van der Waals surface area contributed by atoms with Gasteiger partial charge in [0, 0.05) is 6.20 Å². The van der Waals surface area contributed by atoms with Gasteiger partial charge in [0.25, 0.3) is 0 Å². The maximum Gasteiger partial charge on any atom is 0.0593 e. The van der Waals surface area contributed by atoms with Gasteiger partial charge in [0.05, 0.1) is 11.7 Å². The second-order valence-corrected chi connectivity index (χ2v) is 4.86. The summed E-state index contributed by atoms with van der Waals surface area (Å²) in [5.41, 5.74) is 1.14. The highest BCUT2D eigenvalue weighted by molar-refractivity contribution is 4.96. The van der Waals surface area contributed by atoms with Crippen LogP contribution in [0, 0.1) is 18.8 Å². The first-order chi connectivity index (χ1) is 6.66. The summed E-state index contributed by atoms with van der Waals surface area (Å²) >= 11 is 0. The van der Waals surface area contributed by atoms with E-state index >= 15 is 0 Å². The summed E-state index contributed by atoms with van der Waals surface area (Å²) < 4.78 is 2.16. The minimum atomic E-state index is 0.648. The van der Waals surface area contributed by atoms with E-state index in [0.29, 0.717) is 6.04 Å². The van der Waals surface area contributed by atoms with Gasteiger partial charge in [-0.1, -0.05) is 13.8 Å². The SMILES string of the molecule is Cc1ccn(C2CCC(C)C(C)C2)n1. The molecule has 1 saturated carbocycles. The molecule has 0 saturated heterocycles. The first kappa shape index (κ1) is 9.75. The van der Waals surface area contributed by atoms with E-state index in [4.69, 9.17) is 0 Å². The zero-order valence-corrected chi connectivity index (χ0v) is 9.40. The Labute approximate surface area is 86.3 Å². The Hall–Kier alpha value is -0.790. The van der Waals surface area contributed by atoms with E-state index in [1.165, 1.54) is 19.3 Å². The predicted molar refractivity (Wildman–Crippen MR) is 58.2 cm³/mol. The second-order valence-electron chi connectivity index (χ2n) is 4.86. The van der Waals surface area contributed by atoms with Crippen molar-refractivity contribution in [1.29, 1.82) is 0 Å². The summed E-state index contributed by atoms with van der Waals surface area (Å²) in [6.07, 6.45) is 6.07. The Morgan fingerprint density at radius 1 is 1.29 bits per heavy atom. The van der Waals surface area contributed by atoms with Crippen LogP contribution in [-0.4, -0.2) is 9.78 Å². The molecule has 0 N–H and O–H groups in total. The number of hydrogen-bond acceptors (Lipinski definition) is 1. The second kappa shape index (κ2) is 3.76. The molecule has 1 aromatic heterocycles. The smallest absolute Gasteiger partial charge is 0.0593 e. The molecule has 3 atom stereocenters. The Morgan fingerprint density at radius 2 is 2.07 bits per heavy atom. The molecule has 2 heteroatoms. The van der Waals surface area contributed by atoms with Crippen molar-refractivity contribution in [2.24, 2.45) is 11.8 Å². The van der Waals surface area contributed by atoms with E-state index in [-0.39, 0.29) is 0 Å². The molecule has 3 unspecified atom stereocenters. The molecule has 2 nitrogen and oxygen atoms in total. The largest absolute Gasteiger partial charge is 0.269 e. The van der Waals surface area contributed by atoms with Crippen molar-refractivity contribution in [2.75, 3.05) is 0 Å². The number of aromatic nitrogens is 2. The topological polar surface area (TPSA) is 17.8 Å².